The highest BCUT2D eigenvalue weighted by Crippen LogP contribution is 2.23. The van der Waals surface area contributed by atoms with Crippen molar-refractivity contribution in [3.63, 3.8) is 0 Å². The van der Waals surface area contributed by atoms with Crippen LogP contribution in [-0.4, -0.2) is 21.0 Å². The van der Waals surface area contributed by atoms with E-state index in [1.165, 1.54) is 6.07 Å². The lowest BCUT2D eigenvalue weighted by atomic mass is 10.1. The quantitative estimate of drug-likeness (QED) is 0.809. The Bertz CT molecular complexity index is 569. The Kier molecular flexibility index (Phi) is 4.21. The Balaban J connectivity index is 2.18. The highest BCUT2D eigenvalue weighted by atomic mass is 79.9. The van der Waals surface area contributed by atoms with Gasteiger partial charge in [0.2, 0.25) is 0 Å². The second kappa shape index (κ2) is 5.88. The predicted octanol–water partition coefficient (Wildman–Crippen LogP) is 2.76. The Hall–Kier alpha value is -1.82. The Morgan fingerprint density at radius 2 is 2.37 bits per heavy atom. The van der Waals surface area contributed by atoms with Gasteiger partial charge >= 0.3 is 0 Å². The molecule has 0 aliphatic carbocycles. The number of nitrogens with zero attached hydrogens (tertiary/aromatic N) is 1. The number of rotatable bonds is 4. The largest absolute Gasteiger partial charge is 0.507 e. The molecule has 1 unspecified atom stereocenters. The zero-order valence-corrected chi connectivity index (χ0v) is 11.9. The SMILES string of the molecule is CCC(NC(=O)c1cc(Br)ccc1O)c1ncc[nH]1. The van der Waals surface area contributed by atoms with Gasteiger partial charge in [-0.3, -0.25) is 4.79 Å². The molecule has 100 valence electrons. The number of carbonyl (C=O) groups is 1. The molecule has 0 saturated heterocycles. The van der Waals surface area contributed by atoms with Crippen molar-refractivity contribution in [2.45, 2.75) is 19.4 Å². The number of benzene rings is 1. The molecular weight excluding hydrogens is 310 g/mol. The summed E-state index contributed by atoms with van der Waals surface area (Å²) in [6.07, 6.45) is 4.05. The third-order valence-corrected chi connectivity index (χ3v) is 3.26. The number of aromatic amines is 1. The monoisotopic (exact) mass is 323 g/mol. The van der Waals surface area contributed by atoms with Crippen molar-refractivity contribution in [3.8, 4) is 5.75 Å². The van der Waals surface area contributed by atoms with Crippen molar-refractivity contribution in [3.05, 3.63) is 46.5 Å². The molecule has 3 N–H and O–H groups in total. The van der Waals surface area contributed by atoms with E-state index in [2.05, 4.69) is 31.2 Å². The molecular formula is C13H14BrN3O2. The van der Waals surface area contributed by atoms with Gasteiger partial charge in [0, 0.05) is 16.9 Å². The number of carbonyl (C=O) groups excluding carboxylic acids is 1. The van der Waals surface area contributed by atoms with E-state index in [1.807, 2.05) is 6.92 Å². The van der Waals surface area contributed by atoms with E-state index in [0.717, 1.165) is 4.47 Å². The van der Waals surface area contributed by atoms with Gasteiger partial charge in [-0.15, -0.1) is 0 Å². The van der Waals surface area contributed by atoms with Crippen LogP contribution in [0.5, 0.6) is 5.75 Å². The van der Waals surface area contributed by atoms with E-state index in [9.17, 15) is 9.90 Å². The Labute approximate surface area is 119 Å². The first-order valence-electron chi connectivity index (χ1n) is 5.90. The molecule has 19 heavy (non-hydrogen) atoms. The van der Waals surface area contributed by atoms with Gasteiger partial charge in [-0.05, 0) is 24.6 Å². The number of aromatic hydroxyl groups is 1. The lowest BCUT2D eigenvalue weighted by Gasteiger charge is -2.15. The zero-order chi connectivity index (χ0) is 13.8. The van der Waals surface area contributed by atoms with Crippen LogP contribution in [0.3, 0.4) is 0 Å². The van der Waals surface area contributed by atoms with E-state index in [1.54, 1.807) is 24.5 Å². The summed E-state index contributed by atoms with van der Waals surface area (Å²) >= 11 is 3.28. The third kappa shape index (κ3) is 3.14. The highest BCUT2D eigenvalue weighted by molar-refractivity contribution is 9.10. The average molecular weight is 324 g/mol. The third-order valence-electron chi connectivity index (χ3n) is 2.77. The highest BCUT2D eigenvalue weighted by Gasteiger charge is 2.18. The van der Waals surface area contributed by atoms with Gasteiger partial charge in [0.15, 0.2) is 0 Å². The number of amides is 1. The maximum atomic E-state index is 12.1. The summed E-state index contributed by atoms with van der Waals surface area (Å²) in [5, 5.41) is 12.6. The average Bonchev–Trinajstić information content (AvgIpc) is 2.92. The van der Waals surface area contributed by atoms with E-state index < -0.39 is 0 Å². The van der Waals surface area contributed by atoms with Crippen molar-refractivity contribution in [2.24, 2.45) is 0 Å². The molecule has 2 rings (SSSR count). The topological polar surface area (TPSA) is 78.0 Å². The van der Waals surface area contributed by atoms with Crippen LogP contribution in [0, 0.1) is 0 Å². The number of H-pyrrole nitrogens is 1. The molecule has 1 aromatic heterocycles. The number of hydrogen-bond acceptors (Lipinski definition) is 3. The number of halogens is 1. The number of phenolic OH excluding ortho intramolecular Hbond substituents is 1. The molecule has 1 aromatic carbocycles. The van der Waals surface area contributed by atoms with Crippen molar-refractivity contribution < 1.29 is 9.90 Å². The van der Waals surface area contributed by atoms with Crippen LogP contribution in [0.2, 0.25) is 0 Å². The minimum absolute atomic E-state index is 0.0463. The number of hydrogen-bond donors (Lipinski definition) is 3. The molecule has 0 fully saturated rings. The van der Waals surface area contributed by atoms with E-state index in [-0.39, 0.29) is 23.3 Å². The number of phenols is 1. The first kappa shape index (κ1) is 13.6. The molecule has 0 saturated carbocycles. The molecule has 0 aliphatic heterocycles. The molecule has 0 radical (unpaired) electrons. The fourth-order valence-corrected chi connectivity index (χ4v) is 2.12. The molecule has 0 bridgehead atoms. The van der Waals surface area contributed by atoms with Gasteiger partial charge < -0.3 is 15.4 Å². The molecule has 6 heteroatoms. The summed E-state index contributed by atoms with van der Waals surface area (Å²) in [5.74, 6) is 0.322. The van der Waals surface area contributed by atoms with E-state index >= 15 is 0 Å². The Morgan fingerprint density at radius 1 is 1.58 bits per heavy atom. The van der Waals surface area contributed by atoms with Gasteiger partial charge in [-0.1, -0.05) is 22.9 Å². The number of aromatic nitrogens is 2. The van der Waals surface area contributed by atoms with Gasteiger partial charge in [0.05, 0.1) is 11.6 Å². The molecule has 1 atom stereocenters. The molecule has 1 amide bonds. The Morgan fingerprint density at radius 3 is 3.00 bits per heavy atom. The first-order valence-corrected chi connectivity index (χ1v) is 6.69. The zero-order valence-electron chi connectivity index (χ0n) is 10.4. The van der Waals surface area contributed by atoms with Crippen LogP contribution in [0.4, 0.5) is 0 Å². The van der Waals surface area contributed by atoms with Crippen LogP contribution < -0.4 is 5.32 Å². The van der Waals surface area contributed by atoms with Gasteiger partial charge in [0.25, 0.3) is 5.91 Å². The first-order chi connectivity index (χ1) is 9.11. The van der Waals surface area contributed by atoms with Gasteiger partial charge in [0.1, 0.15) is 11.6 Å². The molecule has 0 spiro atoms. The van der Waals surface area contributed by atoms with Crippen molar-refractivity contribution in [1.29, 1.82) is 0 Å². The maximum Gasteiger partial charge on any atom is 0.255 e. The standard InChI is InChI=1S/C13H14BrN3O2/c1-2-10(12-15-5-6-16-12)17-13(19)9-7-8(14)3-4-11(9)18/h3-7,10,18H,2H2,1H3,(H,15,16)(H,17,19). The van der Waals surface area contributed by atoms with Crippen molar-refractivity contribution in [2.75, 3.05) is 0 Å². The second-order valence-electron chi connectivity index (χ2n) is 4.07. The second-order valence-corrected chi connectivity index (χ2v) is 4.99. The minimum Gasteiger partial charge on any atom is -0.507 e. The van der Waals surface area contributed by atoms with Gasteiger partial charge in [-0.2, -0.15) is 0 Å². The van der Waals surface area contributed by atoms with Gasteiger partial charge in [-0.25, -0.2) is 4.98 Å². The predicted molar refractivity (Wildman–Crippen MR) is 74.9 cm³/mol. The van der Waals surface area contributed by atoms with Crippen molar-refractivity contribution >= 4 is 21.8 Å². The normalized spacial score (nSPS) is 12.1. The van der Waals surface area contributed by atoms with Crippen LogP contribution in [0.25, 0.3) is 0 Å². The van der Waals surface area contributed by atoms with Crippen LogP contribution in [0.15, 0.2) is 35.1 Å². The van der Waals surface area contributed by atoms with Crippen LogP contribution in [0.1, 0.15) is 35.6 Å². The fraction of sp³-hybridized carbons (Fsp3) is 0.231. The summed E-state index contributed by atoms with van der Waals surface area (Å²) in [5.41, 5.74) is 0.236. The lowest BCUT2D eigenvalue weighted by molar-refractivity contribution is 0.0931. The summed E-state index contributed by atoms with van der Waals surface area (Å²) in [4.78, 5) is 19.3. The molecule has 1 heterocycles. The summed E-state index contributed by atoms with van der Waals surface area (Å²) in [6.45, 7) is 1.95. The molecule has 5 nitrogen and oxygen atoms in total. The van der Waals surface area contributed by atoms with Crippen LogP contribution >= 0.6 is 15.9 Å². The maximum absolute atomic E-state index is 12.1. The van der Waals surface area contributed by atoms with E-state index in [0.29, 0.717) is 12.2 Å². The summed E-state index contributed by atoms with van der Waals surface area (Å²) < 4.78 is 0.737. The summed E-state index contributed by atoms with van der Waals surface area (Å²) in [7, 11) is 0. The summed E-state index contributed by atoms with van der Waals surface area (Å²) in [6, 6.07) is 4.53. The van der Waals surface area contributed by atoms with Crippen LogP contribution in [-0.2, 0) is 0 Å². The number of imidazole rings is 1. The number of nitrogens with one attached hydrogen (secondary N) is 2. The van der Waals surface area contributed by atoms with E-state index in [4.69, 9.17) is 0 Å². The minimum atomic E-state index is -0.331. The smallest absolute Gasteiger partial charge is 0.255 e. The molecule has 0 aliphatic rings. The fourth-order valence-electron chi connectivity index (χ4n) is 1.76. The van der Waals surface area contributed by atoms with Crippen molar-refractivity contribution in [1.82, 2.24) is 15.3 Å². The lowest BCUT2D eigenvalue weighted by Crippen LogP contribution is -2.29. The molecule has 2 aromatic rings.